The van der Waals surface area contributed by atoms with Gasteiger partial charge in [-0.25, -0.2) is 14.1 Å². The summed E-state index contributed by atoms with van der Waals surface area (Å²) in [6.07, 6.45) is 3.40. The highest BCUT2D eigenvalue weighted by Crippen LogP contribution is 2.20. The summed E-state index contributed by atoms with van der Waals surface area (Å²) in [4.78, 5) is 21.7. The first-order valence-corrected chi connectivity index (χ1v) is 11.3. The Morgan fingerprint density at radius 3 is 2.50 bits per heavy atom. The summed E-state index contributed by atoms with van der Waals surface area (Å²) in [7, 11) is 1.46. The molecule has 5 rings (SSSR count). The van der Waals surface area contributed by atoms with E-state index in [1.165, 1.54) is 13.2 Å². The monoisotopic (exact) mass is 459 g/mol. The molecule has 0 spiro atoms. The van der Waals surface area contributed by atoms with Crippen LogP contribution in [0.5, 0.6) is 5.75 Å². The summed E-state index contributed by atoms with van der Waals surface area (Å²) in [6.45, 7) is 3.95. The number of benzene rings is 2. The van der Waals surface area contributed by atoms with E-state index in [-0.39, 0.29) is 17.5 Å². The molecule has 8 heteroatoms. The maximum atomic E-state index is 14.0. The van der Waals surface area contributed by atoms with Gasteiger partial charge in [0.25, 0.3) is 5.91 Å². The Morgan fingerprint density at radius 2 is 1.76 bits per heavy atom. The second-order valence-corrected chi connectivity index (χ2v) is 8.46. The molecule has 0 bridgehead atoms. The third kappa shape index (κ3) is 4.63. The number of carbonyl (C=O) groups is 1. The standard InChI is InChI=1S/C26H26FN5O2/c1-34-24-8-7-20(13-23(24)27)17-30-9-11-31(12-10-30)26(33)22-14-21-16-29-32(25(21)28-15-22)18-19-5-3-2-4-6-19/h2-8,13-16H,9-12,17-18H2,1H3. The molecule has 0 unspecified atom stereocenters. The van der Waals surface area contributed by atoms with Crippen LogP contribution in [0.25, 0.3) is 11.0 Å². The number of ether oxygens (including phenoxy) is 1. The summed E-state index contributed by atoms with van der Waals surface area (Å²) in [6, 6.07) is 17.0. The second-order valence-electron chi connectivity index (χ2n) is 8.46. The van der Waals surface area contributed by atoms with E-state index in [1.54, 1.807) is 18.5 Å². The van der Waals surface area contributed by atoms with E-state index in [0.29, 0.717) is 31.7 Å². The molecule has 2 aromatic heterocycles. The number of hydrogen-bond acceptors (Lipinski definition) is 5. The van der Waals surface area contributed by atoms with Crippen molar-refractivity contribution >= 4 is 16.9 Å². The summed E-state index contributed by atoms with van der Waals surface area (Å²) < 4.78 is 20.8. The topological polar surface area (TPSA) is 63.5 Å². The molecule has 1 fully saturated rings. The molecule has 2 aromatic carbocycles. The van der Waals surface area contributed by atoms with E-state index in [2.05, 4.69) is 27.1 Å². The molecule has 0 atom stereocenters. The van der Waals surface area contributed by atoms with Crippen LogP contribution < -0.4 is 4.74 Å². The zero-order valence-corrected chi connectivity index (χ0v) is 19.0. The number of halogens is 1. The minimum Gasteiger partial charge on any atom is -0.494 e. The van der Waals surface area contributed by atoms with Crippen molar-refractivity contribution in [1.82, 2.24) is 24.6 Å². The highest BCUT2D eigenvalue weighted by atomic mass is 19.1. The summed E-state index contributed by atoms with van der Waals surface area (Å²) in [5.74, 6) is -0.139. The van der Waals surface area contributed by atoms with Crippen molar-refractivity contribution in [3.63, 3.8) is 0 Å². The molecule has 0 radical (unpaired) electrons. The zero-order chi connectivity index (χ0) is 23.5. The van der Waals surface area contributed by atoms with Crippen LogP contribution in [0, 0.1) is 5.82 Å². The fourth-order valence-electron chi connectivity index (χ4n) is 4.32. The lowest BCUT2D eigenvalue weighted by Crippen LogP contribution is -2.48. The number of nitrogens with zero attached hydrogens (tertiary/aromatic N) is 5. The molecule has 1 amide bonds. The molecular formula is C26H26FN5O2. The van der Waals surface area contributed by atoms with Crippen molar-refractivity contribution < 1.29 is 13.9 Å². The molecule has 3 heterocycles. The van der Waals surface area contributed by atoms with Crippen LogP contribution in [-0.2, 0) is 13.1 Å². The van der Waals surface area contributed by atoms with Crippen LogP contribution in [0.2, 0.25) is 0 Å². The predicted molar refractivity (Wildman–Crippen MR) is 127 cm³/mol. The molecule has 0 N–H and O–H groups in total. The van der Waals surface area contributed by atoms with E-state index in [9.17, 15) is 9.18 Å². The van der Waals surface area contributed by atoms with Crippen molar-refractivity contribution in [2.75, 3.05) is 33.3 Å². The number of piperazine rings is 1. The van der Waals surface area contributed by atoms with Crippen LogP contribution in [0.4, 0.5) is 4.39 Å². The average Bonchev–Trinajstić information content (AvgIpc) is 3.27. The van der Waals surface area contributed by atoms with Crippen molar-refractivity contribution in [2.24, 2.45) is 0 Å². The molecule has 0 saturated carbocycles. The van der Waals surface area contributed by atoms with Gasteiger partial charge in [0.05, 0.1) is 25.4 Å². The van der Waals surface area contributed by atoms with E-state index < -0.39 is 0 Å². The van der Waals surface area contributed by atoms with Gasteiger partial charge in [0.2, 0.25) is 0 Å². The lowest BCUT2D eigenvalue weighted by molar-refractivity contribution is 0.0628. The van der Waals surface area contributed by atoms with E-state index in [0.717, 1.165) is 35.2 Å². The van der Waals surface area contributed by atoms with Crippen LogP contribution in [0.1, 0.15) is 21.5 Å². The van der Waals surface area contributed by atoms with Gasteiger partial charge in [0, 0.05) is 44.3 Å². The van der Waals surface area contributed by atoms with Gasteiger partial charge >= 0.3 is 0 Å². The summed E-state index contributed by atoms with van der Waals surface area (Å²) in [5.41, 5.74) is 3.36. The van der Waals surface area contributed by atoms with Gasteiger partial charge in [-0.3, -0.25) is 9.69 Å². The molecule has 1 aliphatic heterocycles. The quantitative estimate of drug-likeness (QED) is 0.441. The number of hydrogen-bond donors (Lipinski definition) is 0. The zero-order valence-electron chi connectivity index (χ0n) is 19.0. The lowest BCUT2D eigenvalue weighted by atomic mass is 10.1. The summed E-state index contributed by atoms with van der Waals surface area (Å²) in [5, 5.41) is 5.31. The highest BCUT2D eigenvalue weighted by Gasteiger charge is 2.23. The Labute approximate surface area is 197 Å². The van der Waals surface area contributed by atoms with Gasteiger partial charge in [0.15, 0.2) is 17.2 Å². The van der Waals surface area contributed by atoms with Crippen LogP contribution in [0.3, 0.4) is 0 Å². The number of aromatic nitrogens is 3. The van der Waals surface area contributed by atoms with Gasteiger partial charge in [-0.2, -0.15) is 5.10 Å². The number of methoxy groups -OCH3 is 1. The van der Waals surface area contributed by atoms with Gasteiger partial charge in [-0.1, -0.05) is 36.4 Å². The Kier molecular flexibility index (Phi) is 6.22. The highest BCUT2D eigenvalue weighted by molar-refractivity contribution is 5.96. The van der Waals surface area contributed by atoms with E-state index >= 15 is 0 Å². The van der Waals surface area contributed by atoms with Crippen molar-refractivity contribution in [3.05, 3.63) is 89.5 Å². The second kappa shape index (κ2) is 9.61. The minimum atomic E-state index is -0.358. The number of amides is 1. The number of carbonyl (C=O) groups excluding carboxylic acids is 1. The fraction of sp³-hybridized carbons (Fsp3) is 0.269. The third-order valence-corrected chi connectivity index (χ3v) is 6.18. The predicted octanol–water partition coefficient (Wildman–Crippen LogP) is 3.59. The maximum Gasteiger partial charge on any atom is 0.255 e. The Morgan fingerprint density at radius 1 is 0.971 bits per heavy atom. The van der Waals surface area contributed by atoms with Gasteiger partial charge < -0.3 is 9.64 Å². The molecule has 7 nitrogen and oxygen atoms in total. The molecule has 0 aliphatic carbocycles. The first-order chi connectivity index (χ1) is 16.6. The first-order valence-electron chi connectivity index (χ1n) is 11.3. The normalized spacial score (nSPS) is 14.5. The van der Waals surface area contributed by atoms with Gasteiger partial charge in [-0.05, 0) is 29.3 Å². The minimum absolute atomic E-state index is 0.0275. The Balaban J connectivity index is 1.21. The molecule has 1 aliphatic rings. The average molecular weight is 460 g/mol. The number of fused-ring (bicyclic) bond motifs is 1. The largest absolute Gasteiger partial charge is 0.494 e. The molecule has 34 heavy (non-hydrogen) atoms. The smallest absolute Gasteiger partial charge is 0.255 e. The third-order valence-electron chi connectivity index (χ3n) is 6.18. The van der Waals surface area contributed by atoms with Crippen molar-refractivity contribution in [3.8, 4) is 5.75 Å². The Hall–Kier alpha value is -3.78. The van der Waals surface area contributed by atoms with Gasteiger partial charge in [0.1, 0.15) is 0 Å². The van der Waals surface area contributed by atoms with Crippen molar-refractivity contribution in [1.29, 1.82) is 0 Å². The SMILES string of the molecule is COc1ccc(CN2CCN(C(=O)c3cnc4c(cnn4Cc4ccccc4)c3)CC2)cc1F. The fourth-order valence-corrected chi connectivity index (χ4v) is 4.32. The maximum absolute atomic E-state index is 14.0. The summed E-state index contributed by atoms with van der Waals surface area (Å²) >= 11 is 0. The lowest BCUT2D eigenvalue weighted by Gasteiger charge is -2.34. The van der Waals surface area contributed by atoms with E-state index in [1.807, 2.05) is 39.9 Å². The molecule has 4 aromatic rings. The number of rotatable bonds is 6. The molecular weight excluding hydrogens is 433 g/mol. The van der Waals surface area contributed by atoms with E-state index in [4.69, 9.17) is 4.74 Å². The first kappa shape index (κ1) is 22.0. The van der Waals surface area contributed by atoms with Crippen LogP contribution in [-0.4, -0.2) is 63.8 Å². The van der Waals surface area contributed by atoms with Crippen LogP contribution in [0.15, 0.2) is 67.0 Å². The molecule has 174 valence electrons. The van der Waals surface area contributed by atoms with Crippen molar-refractivity contribution in [2.45, 2.75) is 13.1 Å². The van der Waals surface area contributed by atoms with Crippen LogP contribution >= 0.6 is 0 Å². The van der Waals surface area contributed by atoms with Gasteiger partial charge in [-0.15, -0.1) is 0 Å². The Bertz CT molecular complexity index is 1300. The molecule has 1 saturated heterocycles. The number of pyridine rings is 1.